The molecule has 2 heterocycles. The van der Waals surface area contributed by atoms with Gasteiger partial charge in [-0.2, -0.15) is 0 Å². The predicted octanol–water partition coefficient (Wildman–Crippen LogP) is 2.02. The monoisotopic (exact) mass is 296 g/mol. The molecule has 1 aromatic heterocycles. The number of likely N-dealkylation sites (tertiary alicyclic amines) is 1. The number of hydrogen-bond donors (Lipinski definition) is 1. The van der Waals surface area contributed by atoms with Crippen molar-refractivity contribution in [2.45, 2.75) is 44.1 Å². The molecule has 1 aromatic rings. The van der Waals surface area contributed by atoms with Crippen LogP contribution >= 0.6 is 0 Å². The Morgan fingerprint density at radius 2 is 2.14 bits per heavy atom. The van der Waals surface area contributed by atoms with E-state index in [2.05, 4.69) is 15.3 Å². The highest BCUT2D eigenvalue weighted by Crippen LogP contribution is 2.47. The first-order chi connectivity index (χ1) is 9.94. The molecule has 1 N–H and O–H groups in total. The fourth-order valence-electron chi connectivity index (χ4n) is 2.64. The molecule has 1 aliphatic carbocycles. The van der Waals surface area contributed by atoms with Crippen molar-refractivity contribution in [2.24, 2.45) is 0 Å². The zero-order chi connectivity index (χ0) is 15.0. The molecular formula is C14H18F2N4O. The van der Waals surface area contributed by atoms with Crippen LogP contribution < -0.4 is 5.32 Å². The molecule has 114 valence electrons. The van der Waals surface area contributed by atoms with Gasteiger partial charge in [-0.05, 0) is 13.3 Å². The van der Waals surface area contributed by atoms with Crippen molar-refractivity contribution in [2.75, 3.05) is 18.4 Å². The normalized spacial score (nSPS) is 22.1. The molecule has 7 heteroatoms. The van der Waals surface area contributed by atoms with E-state index in [0.29, 0.717) is 11.5 Å². The Morgan fingerprint density at radius 3 is 2.71 bits per heavy atom. The second-order valence-electron chi connectivity index (χ2n) is 5.83. The van der Waals surface area contributed by atoms with Gasteiger partial charge in [-0.25, -0.2) is 18.7 Å². The van der Waals surface area contributed by atoms with E-state index in [4.69, 9.17) is 0 Å². The van der Waals surface area contributed by atoms with E-state index < -0.39 is 5.92 Å². The summed E-state index contributed by atoms with van der Waals surface area (Å²) in [6, 6.07) is 1.29. The Balaban J connectivity index is 1.62. The maximum absolute atomic E-state index is 12.9. The highest BCUT2D eigenvalue weighted by Gasteiger charge is 2.46. The van der Waals surface area contributed by atoms with E-state index in [1.807, 2.05) is 0 Å². The number of nitrogens with one attached hydrogen (secondary N) is 1. The molecule has 0 spiro atoms. The molecule has 1 atom stereocenters. The number of carbonyl (C=O) groups excluding carboxylic acids is 1. The van der Waals surface area contributed by atoms with E-state index in [1.165, 1.54) is 6.33 Å². The van der Waals surface area contributed by atoms with Crippen LogP contribution in [0.2, 0.25) is 0 Å². The standard InChI is InChI=1S/C14H18F2N4O/c1-9(13(21)20-3-2-4-20)19-12-5-11(17-8-18-12)10-6-14(15,16)7-10/h5,8-10H,2-4,6-7H2,1H3,(H,17,18,19)/t9-/m1/s1. The summed E-state index contributed by atoms with van der Waals surface area (Å²) in [4.78, 5) is 21.9. The van der Waals surface area contributed by atoms with E-state index in [1.54, 1.807) is 17.9 Å². The van der Waals surface area contributed by atoms with Crippen molar-refractivity contribution in [3.05, 3.63) is 18.1 Å². The lowest BCUT2D eigenvalue weighted by Crippen LogP contribution is -2.48. The number of anilines is 1. The van der Waals surface area contributed by atoms with Gasteiger partial charge in [0, 0.05) is 43.6 Å². The SMILES string of the molecule is C[C@@H](Nc1cc(C2CC(F)(F)C2)ncn1)C(=O)N1CCC1. The third-order valence-corrected chi connectivity index (χ3v) is 4.10. The summed E-state index contributed by atoms with van der Waals surface area (Å²) in [5.74, 6) is -2.23. The van der Waals surface area contributed by atoms with Gasteiger partial charge in [0.05, 0.1) is 0 Å². The Hall–Kier alpha value is -1.79. The lowest BCUT2D eigenvalue weighted by Gasteiger charge is -2.35. The molecule has 2 fully saturated rings. The van der Waals surface area contributed by atoms with Crippen LogP contribution in [0.1, 0.15) is 37.8 Å². The summed E-state index contributed by atoms with van der Waals surface area (Å²) in [5, 5.41) is 3.03. The highest BCUT2D eigenvalue weighted by atomic mass is 19.3. The molecule has 0 unspecified atom stereocenters. The summed E-state index contributed by atoms with van der Waals surface area (Å²) in [7, 11) is 0. The molecule has 1 aliphatic heterocycles. The number of alkyl halides is 2. The van der Waals surface area contributed by atoms with Crippen LogP contribution in [0.3, 0.4) is 0 Å². The van der Waals surface area contributed by atoms with Crippen LogP contribution in [0.25, 0.3) is 0 Å². The fraction of sp³-hybridized carbons (Fsp3) is 0.643. The quantitative estimate of drug-likeness (QED) is 0.923. The lowest BCUT2D eigenvalue weighted by atomic mass is 9.79. The van der Waals surface area contributed by atoms with Crippen molar-refractivity contribution in [1.29, 1.82) is 0 Å². The second-order valence-corrected chi connectivity index (χ2v) is 5.83. The maximum Gasteiger partial charge on any atom is 0.249 e. The van der Waals surface area contributed by atoms with Crippen LogP contribution in [0.15, 0.2) is 12.4 Å². The van der Waals surface area contributed by atoms with Crippen molar-refractivity contribution in [1.82, 2.24) is 14.9 Å². The average molecular weight is 296 g/mol. The van der Waals surface area contributed by atoms with Gasteiger partial charge in [0.2, 0.25) is 11.8 Å². The van der Waals surface area contributed by atoms with Crippen LogP contribution in [-0.2, 0) is 4.79 Å². The van der Waals surface area contributed by atoms with E-state index >= 15 is 0 Å². The Labute approximate surface area is 121 Å². The number of carbonyl (C=O) groups is 1. The van der Waals surface area contributed by atoms with Crippen LogP contribution in [0.4, 0.5) is 14.6 Å². The highest BCUT2D eigenvalue weighted by molar-refractivity contribution is 5.84. The van der Waals surface area contributed by atoms with Gasteiger partial charge in [-0.3, -0.25) is 4.79 Å². The smallest absolute Gasteiger partial charge is 0.249 e. The number of amides is 1. The summed E-state index contributed by atoms with van der Waals surface area (Å²) >= 11 is 0. The van der Waals surface area contributed by atoms with Crippen molar-refractivity contribution < 1.29 is 13.6 Å². The predicted molar refractivity (Wildman–Crippen MR) is 73.2 cm³/mol. The first-order valence-electron chi connectivity index (χ1n) is 7.20. The molecule has 1 amide bonds. The second kappa shape index (κ2) is 5.20. The van der Waals surface area contributed by atoms with Crippen molar-refractivity contribution in [3.8, 4) is 0 Å². The molecule has 5 nitrogen and oxygen atoms in total. The average Bonchev–Trinajstić information content (AvgIpc) is 2.34. The number of aromatic nitrogens is 2. The number of rotatable bonds is 4. The summed E-state index contributed by atoms with van der Waals surface area (Å²) in [6.45, 7) is 3.38. The summed E-state index contributed by atoms with van der Waals surface area (Å²) in [6.07, 6.45) is 2.08. The molecule has 2 aliphatic rings. The molecule has 0 bridgehead atoms. The van der Waals surface area contributed by atoms with Gasteiger partial charge < -0.3 is 10.2 Å². The molecule has 1 saturated carbocycles. The zero-order valence-electron chi connectivity index (χ0n) is 11.9. The van der Waals surface area contributed by atoms with Crippen molar-refractivity contribution in [3.63, 3.8) is 0 Å². The minimum Gasteiger partial charge on any atom is -0.359 e. The van der Waals surface area contributed by atoms with Gasteiger partial charge in [0.15, 0.2) is 0 Å². The maximum atomic E-state index is 12.9. The Morgan fingerprint density at radius 1 is 1.43 bits per heavy atom. The van der Waals surface area contributed by atoms with Gasteiger partial charge in [0.25, 0.3) is 0 Å². The van der Waals surface area contributed by atoms with Gasteiger partial charge in [0.1, 0.15) is 18.2 Å². The minimum absolute atomic E-state index is 0.0385. The first-order valence-corrected chi connectivity index (χ1v) is 7.20. The zero-order valence-corrected chi connectivity index (χ0v) is 11.9. The summed E-state index contributed by atoms with van der Waals surface area (Å²) < 4.78 is 25.8. The number of nitrogens with zero attached hydrogens (tertiary/aromatic N) is 3. The van der Waals surface area contributed by atoms with Crippen molar-refractivity contribution >= 4 is 11.7 Å². The van der Waals surface area contributed by atoms with Gasteiger partial charge in [-0.15, -0.1) is 0 Å². The molecule has 3 rings (SSSR count). The van der Waals surface area contributed by atoms with E-state index in [9.17, 15) is 13.6 Å². The Kier molecular flexibility index (Phi) is 3.51. The topological polar surface area (TPSA) is 58.1 Å². The van der Waals surface area contributed by atoms with Gasteiger partial charge >= 0.3 is 0 Å². The third kappa shape index (κ3) is 2.96. The fourth-order valence-corrected chi connectivity index (χ4v) is 2.64. The van der Waals surface area contributed by atoms with Gasteiger partial charge in [-0.1, -0.05) is 0 Å². The number of hydrogen-bond acceptors (Lipinski definition) is 4. The lowest BCUT2D eigenvalue weighted by molar-refractivity contribution is -0.135. The van der Waals surface area contributed by atoms with Crippen LogP contribution in [0, 0.1) is 0 Å². The minimum atomic E-state index is -2.57. The van der Waals surface area contributed by atoms with Crippen LogP contribution in [0.5, 0.6) is 0 Å². The summed E-state index contributed by atoms with van der Waals surface area (Å²) in [5.41, 5.74) is 0.613. The molecule has 0 aromatic carbocycles. The van der Waals surface area contributed by atoms with E-state index in [-0.39, 0.29) is 30.7 Å². The molecular weight excluding hydrogens is 278 g/mol. The Bertz CT molecular complexity index is 540. The van der Waals surface area contributed by atoms with Crippen LogP contribution in [-0.4, -0.2) is 45.8 Å². The molecule has 0 radical (unpaired) electrons. The van der Waals surface area contributed by atoms with E-state index in [0.717, 1.165) is 19.5 Å². The molecule has 21 heavy (non-hydrogen) atoms. The largest absolute Gasteiger partial charge is 0.359 e. The first kappa shape index (κ1) is 14.2. The molecule has 1 saturated heterocycles. The number of halogens is 2. The third-order valence-electron chi connectivity index (χ3n) is 4.10.